The van der Waals surface area contributed by atoms with Gasteiger partial charge in [-0.15, -0.1) is 0 Å². The van der Waals surface area contributed by atoms with Crippen LogP contribution in [0, 0.1) is 5.41 Å². The van der Waals surface area contributed by atoms with Crippen LogP contribution in [-0.2, 0) is 13.6 Å². The normalized spacial score (nSPS) is 25.8. The Labute approximate surface area is 128 Å². The van der Waals surface area contributed by atoms with Crippen LogP contribution in [0.25, 0.3) is 0 Å². The highest BCUT2D eigenvalue weighted by molar-refractivity contribution is 7.54. The van der Waals surface area contributed by atoms with Gasteiger partial charge in [0.25, 0.3) is 0 Å². The summed E-state index contributed by atoms with van der Waals surface area (Å²) in [7, 11) is -2.84. The van der Waals surface area contributed by atoms with Crippen molar-refractivity contribution in [2.45, 2.75) is 47.0 Å². The topological polar surface area (TPSA) is 35.5 Å². The van der Waals surface area contributed by atoms with E-state index in [0.29, 0.717) is 19.4 Å². The van der Waals surface area contributed by atoms with Gasteiger partial charge in [-0.25, -0.2) is 0 Å². The molecule has 1 heterocycles. The zero-order valence-corrected chi connectivity index (χ0v) is 14.5. The van der Waals surface area contributed by atoms with E-state index < -0.39 is 7.60 Å². The molecule has 1 aliphatic carbocycles. The van der Waals surface area contributed by atoms with Crippen molar-refractivity contribution in [3.05, 3.63) is 34.9 Å². The Morgan fingerprint density at radius 3 is 2.62 bits per heavy atom. The van der Waals surface area contributed by atoms with Gasteiger partial charge in [0, 0.05) is 0 Å². The monoisotopic (exact) mass is 310 g/mol. The number of rotatable bonds is 4. The first-order chi connectivity index (χ1) is 9.82. The molecule has 0 amide bonds. The Hall–Kier alpha value is -0.630. The van der Waals surface area contributed by atoms with Crippen molar-refractivity contribution in [1.29, 1.82) is 0 Å². The van der Waals surface area contributed by atoms with E-state index in [-0.39, 0.29) is 5.41 Å². The molecule has 1 fully saturated rings. The van der Waals surface area contributed by atoms with E-state index in [9.17, 15) is 4.57 Å². The molecule has 0 aromatic rings. The summed E-state index contributed by atoms with van der Waals surface area (Å²) in [5, 5.41) is 0. The lowest BCUT2D eigenvalue weighted by Crippen LogP contribution is -2.19. The maximum absolute atomic E-state index is 12.1. The molecular formula is C17H27O3P. The molecule has 3 nitrogen and oxygen atoms in total. The van der Waals surface area contributed by atoms with Gasteiger partial charge in [0.1, 0.15) is 0 Å². The van der Waals surface area contributed by atoms with Gasteiger partial charge in [-0.05, 0) is 44.1 Å². The summed E-state index contributed by atoms with van der Waals surface area (Å²) in [6.45, 7) is 9.78. The molecule has 4 heteroatoms. The first-order valence-electron chi connectivity index (χ1n) is 7.76. The summed E-state index contributed by atoms with van der Waals surface area (Å²) in [6, 6.07) is 0. The zero-order chi connectivity index (χ0) is 15.5. The fraction of sp³-hybridized carbons (Fsp3) is 0.647. The molecule has 118 valence electrons. The molecular weight excluding hydrogens is 283 g/mol. The van der Waals surface area contributed by atoms with Gasteiger partial charge in [-0.3, -0.25) is 4.57 Å². The fourth-order valence-electron chi connectivity index (χ4n) is 3.04. The van der Waals surface area contributed by atoms with Crippen LogP contribution in [0.2, 0.25) is 0 Å². The second kappa shape index (κ2) is 6.64. The lowest BCUT2D eigenvalue weighted by Gasteiger charge is -2.32. The van der Waals surface area contributed by atoms with Crippen molar-refractivity contribution in [2.24, 2.45) is 5.41 Å². The van der Waals surface area contributed by atoms with Crippen molar-refractivity contribution in [3.8, 4) is 0 Å². The van der Waals surface area contributed by atoms with Gasteiger partial charge in [0.15, 0.2) is 0 Å². The minimum Gasteiger partial charge on any atom is -0.306 e. The van der Waals surface area contributed by atoms with Gasteiger partial charge in [0.05, 0.1) is 19.4 Å². The summed E-state index contributed by atoms with van der Waals surface area (Å²) in [5.74, 6) is 0. The van der Waals surface area contributed by atoms with Crippen LogP contribution < -0.4 is 0 Å². The van der Waals surface area contributed by atoms with E-state index >= 15 is 0 Å². The molecule has 0 N–H and O–H groups in total. The minimum absolute atomic E-state index is 0.254. The summed E-state index contributed by atoms with van der Waals surface area (Å²) in [5.41, 5.74) is 4.29. The summed E-state index contributed by atoms with van der Waals surface area (Å²) in [6.07, 6.45) is 10.4. The molecule has 2 rings (SSSR count). The number of allylic oxidation sites excluding steroid dienone is 6. The predicted molar refractivity (Wildman–Crippen MR) is 87.6 cm³/mol. The lowest BCUT2D eigenvalue weighted by atomic mass is 9.72. The van der Waals surface area contributed by atoms with Crippen LogP contribution in [0.15, 0.2) is 34.9 Å². The highest BCUT2D eigenvalue weighted by atomic mass is 31.2. The molecule has 0 spiro atoms. The SMILES string of the molecule is CC(C=CC1=C(C)CCCC1(C)C)=CCP1(=O)OCCO1. The summed E-state index contributed by atoms with van der Waals surface area (Å²) in [4.78, 5) is 0. The van der Waals surface area contributed by atoms with Crippen LogP contribution in [-0.4, -0.2) is 19.4 Å². The van der Waals surface area contributed by atoms with Gasteiger partial charge in [0.2, 0.25) is 0 Å². The maximum atomic E-state index is 12.1. The predicted octanol–water partition coefficient (Wildman–Crippen LogP) is 5.26. The average Bonchev–Trinajstić information content (AvgIpc) is 2.83. The maximum Gasteiger partial charge on any atom is 0.334 e. The Balaban J connectivity index is 2.04. The van der Waals surface area contributed by atoms with Crippen molar-refractivity contribution < 1.29 is 13.6 Å². The largest absolute Gasteiger partial charge is 0.334 e. The molecule has 0 bridgehead atoms. The van der Waals surface area contributed by atoms with Crippen molar-refractivity contribution >= 4 is 7.60 Å². The van der Waals surface area contributed by atoms with Crippen molar-refractivity contribution in [2.75, 3.05) is 19.4 Å². The Kier molecular flexibility index (Phi) is 5.29. The third-order valence-corrected chi connectivity index (χ3v) is 6.13. The molecule has 0 unspecified atom stereocenters. The van der Waals surface area contributed by atoms with Crippen LogP contribution in [0.1, 0.15) is 47.0 Å². The standard InChI is InChI=1S/C17H27O3P/c1-14(9-13-21(18)19-11-12-20-21)7-8-16-15(2)6-5-10-17(16,3)4/h7-9H,5-6,10-13H2,1-4H3. The molecule has 21 heavy (non-hydrogen) atoms. The average molecular weight is 310 g/mol. The van der Waals surface area contributed by atoms with Crippen molar-refractivity contribution in [1.82, 2.24) is 0 Å². The Bertz CT molecular complexity index is 516. The van der Waals surface area contributed by atoms with Gasteiger partial charge in [-0.2, -0.15) is 0 Å². The number of hydrogen-bond acceptors (Lipinski definition) is 3. The highest BCUT2D eigenvalue weighted by Crippen LogP contribution is 2.51. The van der Waals surface area contributed by atoms with E-state index in [0.717, 1.165) is 5.57 Å². The van der Waals surface area contributed by atoms with Gasteiger partial charge in [-0.1, -0.05) is 43.2 Å². The van der Waals surface area contributed by atoms with Gasteiger partial charge < -0.3 is 9.05 Å². The van der Waals surface area contributed by atoms with E-state index in [1.165, 1.54) is 30.4 Å². The third-order valence-electron chi connectivity index (χ3n) is 4.35. The second-order valence-electron chi connectivity index (χ2n) is 6.67. The quantitative estimate of drug-likeness (QED) is 0.525. The third kappa shape index (κ3) is 4.42. The van der Waals surface area contributed by atoms with E-state index in [1.54, 1.807) is 0 Å². The van der Waals surface area contributed by atoms with Crippen LogP contribution in [0.3, 0.4) is 0 Å². The highest BCUT2D eigenvalue weighted by Gasteiger charge is 2.28. The van der Waals surface area contributed by atoms with Gasteiger partial charge >= 0.3 is 7.60 Å². The molecule has 0 atom stereocenters. The Morgan fingerprint density at radius 1 is 1.33 bits per heavy atom. The lowest BCUT2D eigenvalue weighted by molar-refractivity contribution is 0.355. The molecule has 0 saturated carbocycles. The van der Waals surface area contributed by atoms with Crippen LogP contribution in [0.4, 0.5) is 0 Å². The van der Waals surface area contributed by atoms with E-state index in [4.69, 9.17) is 9.05 Å². The van der Waals surface area contributed by atoms with E-state index in [2.05, 4.69) is 32.9 Å². The fourth-order valence-corrected chi connectivity index (χ4v) is 4.55. The summed E-state index contributed by atoms with van der Waals surface area (Å²) >= 11 is 0. The first kappa shape index (κ1) is 16.7. The molecule has 1 saturated heterocycles. The smallest absolute Gasteiger partial charge is 0.306 e. The Morgan fingerprint density at radius 2 is 2.00 bits per heavy atom. The van der Waals surface area contributed by atoms with Crippen LogP contribution >= 0.6 is 7.60 Å². The second-order valence-corrected chi connectivity index (χ2v) is 8.78. The van der Waals surface area contributed by atoms with Crippen molar-refractivity contribution in [3.63, 3.8) is 0 Å². The van der Waals surface area contributed by atoms with Crippen LogP contribution in [0.5, 0.6) is 0 Å². The first-order valence-corrected chi connectivity index (χ1v) is 9.48. The molecule has 2 aliphatic rings. The van der Waals surface area contributed by atoms with E-state index in [1.807, 2.05) is 13.0 Å². The number of hydrogen-bond donors (Lipinski definition) is 0. The molecule has 0 aromatic heterocycles. The molecule has 1 aliphatic heterocycles. The molecule has 0 aromatic carbocycles. The zero-order valence-electron chi connectivity index (χ0n) is 13.6. The molecule has 0 radical (unpaired) electrons. The minimum atomic E-state index is -2.84. The summed E-state index contributed by atoms with van der Waals surface area (Å²) < 4.78 is 22.4.